The molecule has 0 aromatic rings. The molecule has 0 saturated heterocycles. The molecule has 3 atom stereocenters. The molecule has 0 radical (unpaired) electrons. The lowest BCUT2D eigenvalue weighted by molar-refractivity contribution is 0.402. The van der Waals surface area contributed by atoms with E-state index in [0.717, 1.165) is 30.6 Å². The highest BCUT2D eigenvalue weighted by molar-refractivity contribution is 7.90. The van der Waals surface area contributed by atoms with Gasteiger partial charge in [-0.25, -0.2) is 8.42 Å². The molecule has 15 heavy (non-hydrogen) atoms. The first-order chi connectivity index (χ1) is 7.04. The maximum absolute atomic E-state index is 10.9. The van der Waals surface area contributed by atoms with Gasteiger partial charge < -0.3 is 0 Å². The Morgan fingerprint density at radius 1 is 1.20 bits per heavy atom. The molecule has 0 aliphatic heterocycles. The van der Waals surface area contributed by atoms with E-state index in [2.05, 4.69) is 12.2 Å². The minimum absolute atomic E-state index is 0.365. The fourth-order valence-electron chi connectivity index (χ4n) is 3.00. The SMILES string of the molecule is CS(=O)(=O)CCCCC1CC2C=CC1C2. The van der Waals surface area contributed by atoms with Crippen LogP contribution in [0.2, 0.25) is 0 Å². The van der Waals surface area contributed by atoms with Gasteiger partial charge in [0.05, 0.1) is 0 Å². The highest BCUT2D eigenvalue weighted by Gasteiger charge is 2.34. The van der Waals surface area contributed by atoms with Gasteiger partial charge in [0.1, 0.15) is 9.84 Å². The van der Waals surface area contributed by atoms with E-state index in [0.29, 0.717) is 5.75 Å². The Labute approximate surface area is 92.7 Å². The maximum Gasteiger partial charge on any atom is 0.147 e. The van der Waals surface area contributed by atoms with Gasteiger partial charge in [-0.1, -0.05) is 18.6 Å². The van der Waals surface area contributed by atoms with E-state index >= 15 is 0 Å². The molecule has 0 N–H and O–H groups in total. The lowest BCUT2D eigenvalue weighted by Crippen LogP contribution is -2.08. The molecule has 2 aliphatic carbocycles. The first-order valence-electron chi connectivity index (χ1n) is 5.90. The van der Waals surface area contributed by atoms with Gasteiger partial charge in [-0.15, -0.1) is 0 Å². The van der Waals surface area contributed by atoms with Crippen LogP contribution in [0, 0.1) is 17.8 Å². The summed E-state index contributed by atoms with van der Waals surface area (Å²) in [5.41, 5.74) is 0. The fraction of sp³-hybridized carbons (Fsp3) is 0.833. The van der Waals surface area contributed by atoms with E-state index in [9.17, 15) is 8.42 Å². The maximum atomic E-state index is 10.9. The number of rotatable bonds is 5. The van der Waals surface area contributed by atoms with E-state index in [1.807, 2.05) is 0 Å². The molecule has 0 spiro atoms. The van der Waals surface area contributed by atoms with Crippen LogP contribution in [0.4, 0.5) is 0 Å². The predicted molar refractivity (Wildman–Crippen MR) is 62.4 cm³/mol. The van der Waals surface area contributed by atoms with Gasteiger partial charge >= 0.3 is 0 Å². The Morgan fingerprint density at radius 3 is 2.53 bits per heavy atom. The van der Waals surface area contributed by atoms with E-state index in [1.165, 1.54) is 25.5 Å². The van der Waals surface area contributed by atoms with E-state index in [1.54, 1.807) is 0 Å². The molecule has 0 aromatic heterocycles. The Morgan fingerprint density at radius 2 is 2.00 bits per heavy atom. The zero-order valence-electron chi connectivity index (χ0n) is 9.35. The van der Waals surface area contributed by atoms with Crippen LogP contribution in [0.1, 0.15) is 32.1 Å². The minimum atomic E-state index is -2.74. The normalized spacial score (nSPS) is 33.8. The van der Waals surface area contributed by atoms with Gasteiger partial charge in [-0.2, -0.15) is 0 Å². The second kappa shape index (κ2) is 4.28. The Hall–Kier alpha value is -0.310. The third-order valence-corrected chi connectivity index (χ3v) is 4.79. The lowest BCUT2D eigenvalue weighted by atomic mass is 9.89. The molecule has 0 heterocycles. The van der Waals surface area contributed by atoms with Crippen molar-refractivity contribution >= 4 is 9.84 Å². The summed E-state index contributed by atoms with van der Waals surface area (Å²) in [7, 11) is -2.74. The van der Waals surface area contributed by atoms with Crippen molar-refractivity contribution in [3.63, 3.8) is 0 Å². The largest absolute Gasteiger partial charge is 0.229 e. The summed E-state index contributed by atoms with van der Waals surface area (Å²) in [6.07, 6.45) is 11.9. The van der Waals surface area contributed by atoms with Crippen LogP contribution in [0.25, 0.3) is 0 Å². The van der Waals surface area contributed by atoms with Crippen LogP contribution < -0.4 is 0 Å². The number of fused-ring (bicyclic) bond motifs is 2. The minimum Gasteiger partial charge on any atom is -0.229 e. The fourth-order valence-corrected chi connectivity index (χ4v) is 3.73. The zero-order chi connectivity index (χ0) is 10.9. The highest BCUT2D eigenvalue weighted by atomic mass is 32.2. The first kappa shape index (κ1) is 11.2. The Bertz CT molecular complexity index is 343. The van der Waals surface area contributed by atoms with Gasteiger partial charge in [0.2, 0.25) is 0 Å². The van der Waals surface area contributed by atoms with Crippen molar-refractivity contribution in [3.8, 4) is 0 Å². The number of hydrogen-bond donors (Lipinski definition) is 0. The number of allylic oxidation sites excluding steroid dienone is 2. The predicted octanol–water partition coefficient (Wildman–Crippen LogP) is 2.41. The summed E-state index contributed by atoms with van der Waals surface area (Å²) < 4.78 is 21.9. The molecule has 2 nitrogen and oxygen atoms in total. The summed E-state index contributed by atoms with van der Waals surface area (Å²) in [5, 5.41) is 0. The van der Waals surface area contributed by atoms with E-state index in [-0.39, 0.29) is 0 Å². The molecule has 1 saturated carbocycles. The van der Waals surface area contributed by atoms with Crippen LogP contribution in [0.5, 0.6) is 0 Å². The second-order valence-corrected chi connectivity index (χ2v) is 7.43. The molecule has 0 aromatic carbocycles. The smallest absolute Gasteiger partial charge is 0.147 e. The Kier molecular flexibility index (Phi) is 3.19. The van der Waals surface area contributed by atoms with Gasteiger partial charge in [0.25, 0.3) is 0 Å². The van der Waals surface area contributed by atoms with Crippen molar-refractivity contribution in [2.24, 2.45) is 17.8 Å². The molecule has 3 heteroatoms. The van der Waals surface area contributed by atoms with Crippen LogP contribution in [-0.2, 0) is 9.84 Å². The van der Waals surface area contributed by atoms with Gasteiger partial charge in [0, 0.05) is 12.0 Å². The third-order valence-electron chi connectivity index (χ3n) is 3.76. The van der Waals surface area contributed by atoms with Crippen LogP contribution in [0.3, 0.4) is 0 Å². The van der Waals surface area contributed by atoms with Crippen LogP contribution in [-0.4, -0.2) is 20.4 Å². The molecule has 86 valence electrons. The molecule has 0 amide bonds. The molecule has 2 aliphatic rings. The van der Waals surface area contributed by atoms with Crippen molar-refractivity contribution in [1.29, 1.82) is 0 Å². The standard InChI is InChI=1S/C12H20O2S/c1-15(13,14)7-3-2-4-11-8-10-5-6-12(11)9-10/h5-6,10-12H,2-4,7-9H2,1H3. The molecule has 1 fully saturated rings. The summed E-state index contributed by atoms with van der Waals surface area (Å²) >= 11 is 0. The van der Waals surface area contributed by atoms with Crippen molar-refractivity contribution in [2.75, 3.05) is 12.0 Å². The van der Waals surface area contributed by atoms with Crippen molar-refractivity contribution in [1.82, 2.24) is 0 Å². The summed E-state index contributed by atoms with van der Waals surface area (Å²) in [6.45, 7) is 0. The third kappa shape index (κ3) is 3.07. The topological polar surface area (TPSA) is 34.1 Å². The van der Waals surface area contributed by atoms with Crippen molar-refractivity contribution in [2.45, 2.75) is 32.1 Å². The van der Waals surface area contributed by atoms with E-state index in [4.69, 9.17) is 0 Å². The van der Waals surface area contributed by atoms with Crippen LogP contribution in [0.15, 0.2) is 12.2 Å². The van der Waals surface area contributed by atoms with Crippen molar-refractivity contribution in [3.05, 3.63) is 12.2 Å². The summed E-state index contributed by atoms with van der Waals surface area (Å²) in [4.78, 5) is 0. The summed E-state index contributed by atoms with van der Waals surface area (Å²) in [5.74, 6) is 2.87. The van der Waals surface area contributed by atoms with Crippen LogP contribution >= 0.6 is 0 Å². The van der Waals surface area contributed by atoms with Crippen molar-refractivity contribution < 1.29 is 8.42 Å². The average Bonchev–Trinajstić information content (AvgIpc) is 2.71. The number of unbranched alkanes of at least 4 members (excludes halogenated alkanes) is 1. The molecular formula is C12H20O2S. The Balaban J connectivity index is 1.65. The average molecular weight is 228 g/mol. The molecule has 3 unspecified atom stereocenters. The first-order valence-corrected chi connectivity index (χ1v) is 7.97. The van der Waals surface area contributed by atoms with E-state index < -0.39 is 9.84 Å². The molecule has 2 bridgehead atoms. The number of hydrogen-bond acceptors (Lipinski definition) is 2. The quantitative estimate of drug-likeness (QED) is 0.535. The highest BCUT2D eigenvalue weighted by Crippen LogP contribution is 2.45. The second-order valence-electron chi connectivity index (χ2n) is 5.17. The number of sulfone groups is 1. The molecular weight excluding hydrogens is 208 g/mol. The summed E-state index contributed by atoms with van der Waals surface area (Å²) in [6, 6.07) is 0. The molecule has 2 rings (SSSR count). The monoisotopic (exact) mass is 228 g/mol. The van der Waals surface area contributed by atoms with Gasteiger partial charge in [-0.05, 0) is 43.4 Å². The van der Waals surface area contributed by atoms with Gasteiger partial charge in [0.15, 0.2) is 0 Å². The zero-order valence-corrected chi connectivity index (χ0v) is 10.2. The lowest BCUT2D eigenvalue weighted by Gasteiger charge is -2.17. The van der Waals surface area contributed by atoms with Gasteiger partial charge in [-0.3, -0.25) is 0 Å².